The number of nitrogens with two attached hydrogens (primary N) is 1. The van der Waals surface area contributed by atoms with Crippen LogP contribution in [0.15, 0.2) is 46.5 Å². The fraction of sp³-hybridized carbons (Fsp3) is 0.273. The maximum atomic E-state index is 12.3. The van der Waals surface area contributed by atoms with Crippen LogP contribution in [-0.4, -0.2) is 63.5 Å². The van der Waals surface area contributed by atoms with Gasteiger partial charge in [-0.1, -0.05) is 24.3 Å². The Morgan fingerprint density at radius 2 is 1.97 bits per heavy atom. The molecule has 0 radical (unpaired) electrons. The molecule has 33 heavy (non-hydrogen) atoms. The third-order valence-electron chi connectivity index (χ3n) is 5.64. The predicted octanol–water partition coefficient (Wildman–Crippen LogP) is 3.06. The molecule has 1 saturated heterocycles. The standard InChI is InChI=1S/C22H23BrN8OS/c23-16-12-26-21-18(28-20(29-21)15-3-1-14(11-24)2-4-15)19(16)31-8-6-30(7-9-31)13-17(32)27-22-25-5-10-33-22/h1-5,10,12H,6-9,11,13,24H2,(H,25,27,32)(H,26,28,29). The van der Waals surface area contributed by atoms with Crippen LogP contribution in [0.4, 0.5) is 10.8 Å². The number of amides is 1. The number of carbonyl (C=O) groups is 1. The van der Waals surface area contributed by atoms with Crippen molar-refractivity contribution in [1.29, 1.82) is 0 Å². The van der Waals surface area contributed by atoms with Crippen molar-refractivity contribution in [3.63, 3.8) is 0 Å². The van der Waals surface area contributed by atoms with Gasteiger partial charge < -0.3 is 20.9 Å². The van der Waals surface area contributed by atoms with Gasteiger partial charge in [-0.3, -0.25) is 9.69 Å². The number of hydrogen-bond acceptors (Lipinski definition) is 8. The Bertz CT molecular complexity index is 1250. The van der Waals surface area contributed by atoms with Gasteiger partial charge in [-0.2, -0.15) is 0 Å². The fourth-order valence-corrected chi connectivity index (χ4v) is 5.02. The maximum Gasteiger partial charge on any atom is 0.240 e. The van der Waals surface area contributed by atoms with Crippen LogP contribution in [0.1, 0.15) is 5.56 Å². The monoisotopic (exact) mass is 526 g/mol. The van der Waals surface area contributed by atoms with Crippen molar-refractivity contribution in [2.24, 2.45) is 5.73 Å². The Balaban J connectivity index is 1.30. The second-order valence-electron chi connectivity index (χ2n) is 7.79. The summed E-state index contributed by atoms with van der Waals surface area (Å²) in [6.45, 7) is 3.99. The highest BCUT2D eigenvalue weighted by atomic mass is 79.9. The summed E-state index contributed by atoms with van der Waals surface area (Å²) in [5, 5.41) is 5.32. The van der Waals surface area contributed by atoms with E-state index in [0.717, 1.165) is 64.5 Å². The smallest absolute Gasteiger partial charge is 0.240 e. The number of anilines is 2. The Hall–Kier alpha value is -2.86. The lowest BCUT2D eigenvalue weighted by Crippen LogP contribution is -2.48. The summed E-state index contributed by atoms with van der Waals surface area (Å²) in [5.41, 5.74) is 10.4. The Labute approximate surface area is 203 Å². The topological polar surface area (TPSA) is 116 Å². The van der Waals surface area contributed by atoms with Crippen molar-refractivity contribution in [2.45, 2.75) is 6.54 Å². The highest BCUT2D eigenvalue weighted by molar-refractivity contribution is 9.10. The predicted molar refractivity (Wildman–Crippen MR) is 134 cm³/mol. The van der Waals surface area contributed by atoms with Crippen molar-refractivity contribution in [2.75, 3.05) is 42.9 Å². The molecule has 4 heterocycles. The van der Waals surface area contributed by atoms with E-state index in [4.69, 9.17) is 10.7 Å². The molecule has 0 saturated carbocycles. The Morgan fingerprint density at radius 1 is 1.18 bits per heavy atom. The molecule has 0 atom stereocenters. The number of nitrogens with one attached hydrogen (secondary N) is 2. The molecule has 1 amide bonds. The first-order valence-corrected chi connectivity index (χ1v) is 12.3. The number of halogens is 1. The van der Waals surface area contributed by atoms with Crippen LogP contribution in [0.5, 0.6) is 0 Å². The molecule has 1 aliphatic heterocycles. The molecule has 4 N–H and O–H groups in total. The second kappa shape index (κ2) is 9.56. The van der Waals surface area contributed by atoms with E-state index in [1.165, 1.54) is 11.3 Å². The van der Waals surface area contributed by atoms with Crippen LogP contribution in [0.2, 0.25) is 0 Å². The van der Waals surface area contributed by atoms with Crippen molar-refractivity contribution in [1.82, 2.24) is 24.8 Å². The second-order valence-corrected chi connectivity index (χ2v) is 9.54. The number of hydrogen-bond donors (Lipinski definition) is 3. The van der Waals surface area contributed by atoms with Gasteiger partial charge in [0.25, 0.3) is 0 Å². The molecule has 1 fully saturated rings. The van der Waals surface area contributed by atoms with Gasteiger partial charge in [-0.25, -0.2) is 15.0 Å². The van der Waals surface area contributed by atoms with E-state index >= 15 is 0 Å². The first-order valence-electron chi connectivity index (χ1n) is 10.6. The number of aromatic nitrogens is 4. The van der Waals surface area contributed by atoms with Gasteiger partial charge in [-0.05, 0) is 21.5 Å². The van der Waals surface area contributed by atoms with Gasteiger partial charge in [-0.15, -0.1) is 11.3 Å². The summed E-state index contributed by atoms with van der Waals surface area (Å²) in [7, 11) is 0. The number of carbonyl (C=O) groups excluding carboxylic acids is 1. The van der Waals surface area contributed by atoms with Crippen LogP contribution in [0.25, 0.3) is 22.6 Å². The van der Waals surface area contributed by atoms with Crippen LogP contribution < -0.4 is 16.0 Å². The van der Waals surface area contributed by atoms with E-state index in [-0.39, 0.29) is 5.91 Å². The van der Waals surface area contributed by atoms with Gasteiger partial charge >= 0.3 is 0 Å². The Kier molecular flexibility index (Phi) is 6.36. The lowest BCUT2D eigenvalue weighted by Gasteiger charge is -2.36. The van der Waals surface area contributed by atoms with Gasteiger partial charge in [0.05, 0.1) is 16.7 Å². The first kappa shape index (κ1) is 22.0. The maximum absolute atomic E-state index is 12.3. The zero-order valence-corrected chi connectivity index (χ0v) is 20.2. The molecular weight excluding hydrogens is 504 g/mol. The van der Waals surface area contributed by atoms with E-state index in [1.807, 2.05) is 35.8 Å². The van der Waals surface area contributed by atoms with E-state index in [2.05, 4.69) is 46.0 Å². The molecule has 5 rings (SSSR count). The zero-order chi connectivity index (χ0) is 22.8. The molecule has 11 heteroatoms. The molecule has 1 aliphatic rings. The summed E-state index contributed by atoms with van der Waals surface area (Å²) in [5.74, 6) is 0.737. The van der Waals surface area contributed by atoms with E-state index < -0.39 is 0 Å². The van der Waals surface area contributed by atoms with Crippen LogP contribution in [0.3, 0.4) is 0 Å². The van der Waals surface area contributed by atoms with Gasteiger partial charge in [0.2, 0.25) is 5.91 Å². The largest absolute Gasteiger partial charge is 0.366 e. The van der Waals surface area contributed by atoms with Crippen LogP contribution >= 0.6 is 27.3 Å². The number of thiazole rings is 1. The zero-order valence-electron chi connectivity index (χ0n) is 17.8. The summed E-state index contributed by atoms with van der Waals surface area (Å²) < 4.78 is 0.904. The number of H-pyrrole nitrogens is 1. The number of imidazole rings is 1. The van der Waals surface area contributed by atoms with Crippen LogP contribution in [-0.2, 0) is 11.3 Å². The van der Waals surface area contributed by atoms with Gasteiger partial charge in [0, 0.05) is 56.1 Å². The molecule has 1 aromatic carbocycles. The summed E-state index contributed by atoms with van der Waals surface area (Å²) in [6.07, 6.45) is 3.49. The van der Waals surface area contributed by atoms with E-state index in [0.29, 0.717) is 18.2 Å². The molecule has 0 spiro atoms. The summed E-state index contributed by atoms with van der Waals surface area (Å²) in [6, 6.07) is 8.06. The number of benzene rings is 1. The van der Waals surface area contributed by atoms with Crippen LogP contribution in [0, 0.1) is 0 Å². The normalized spacial score (nSPS) is 14.7. The van der Waals surface area contributed by atoms with Crippen molar-refractivity contribution >= 4 is 55.2 Å². The molecule has 3 aromatic heterocycles. The summed E-state index contributed by atoms with van der Waals surface area (Å²) in [4.78, 5) is 33.6. The average molecular weight is 527 g/mol. The number of nitrogens with zero attached hydrogens (tertiary/aromatic N) is 5. The number of aromatic amines is 1. The molecule has 170 valence electrons. The fourth-order valence-electron chi connectivity index (χ4n) is 3.93. The van der Waals surface area contributed by atoms with E-state index in [1.54, 1.807) is 6.20 Å². The van der Waals surface area contributed by atoms with E-state index in [9.17, 15) is 4.79 Å². The highest BCUT2D eigenvalue weighted by Gasteiger charge is 2.24. The van der Waals surface area contributed by atoms with Gasteiger partial charge in [0.15, 0.2) is 10.8 Å². The SMILES string of the molecule is NCc1ccc(-c2nc3c(N4CCN(CC(=O)Nc5nccs5)CC4)c(Br)cnc3[nH]2)cc1. The van der Waals surface area contributed by atoms with Crippen molar-refractivity contribution in [3.05, 3.63) is 52.1 Å². The Morgan fingerprint density at radius 3 is 2.67 bits per heavy atom. The quantitative estimate of drug-likeness (QED) is 0.353. The third kappa shape index (κ3) is 4.76. The van der Waals surface area contributed by atoms with Gasteiger partial charge in [0.1, 0.15) is 11.3 Å². The molecular formula is C22H23BrN8OS. The lowest BCUT2D eigenvalue weighted by atomic mass is 10.1. The first-order chi connectivity index (χ1) is 16.1. The number of fused-ring (bicyclic) bond motifs is 1. The van der Waals surface area contributed by atoms with Crippen molar-refractivity contribution in [3.8, 4) is 11.4 Å². The average Bonchev–Trinajstić information content (AvgIpc) is 3.50. The minimum Gasteiger partial charge on any atom is -0.366 e. The lowest BCUT2D eigenvalue weighted by molar-refractivity contribution is -0.117. The molecule has 4 aromatic rings. The number of pyridine rings is 1. The summed E-state index contributed by atoms with van der Waals surface area (Å²) >= 11 is 5.09. The van der Waals surface area contributed by atoms with Crippen molar-refractivity contribution < 1.29 is 4.79 Å². The minimum absolute atomic E-state index is 0.0384. The third-order valence-corrected chi connectivity index (χ3v) is 6.91. The minimum atomic E-state index is -0.0384. The molecule has 0 aliphatic carbocycles. The molecule has 9 nitrogen and oxygen atoms in total. The number of rotatable bonds is 6. The number of piperazine rings is 1. The molecule has 0 bridgehead atoms. The highest BCUT2D eigenvalue weighted by Crippen LogP contribution is 2.34. The molecule has 0 unspecified atom stereocenters.